The second-order valence-corrected chi connectivity index (χ2v) is 13.0. The number of hydrogen-bond acceptors (Lipinski definition) is 7. The normalized spacial score (nSPS) is 19.6. The van der Waals surface area contributed by atoms with E-state index in [1.54, 1.807) is 26.4 Å². The molecule has 3 aromatic rings. The van der Waals surface area contributed by atoms with Crippen LogP contribution in [0.5, 0.6) is 5.75 Å². The second-order valence-electron chi connectivity index (χ2n) is 13.0. The van der Waals surface area contributed by atoms with Gasteiger partial charge in [0.25, 0.3) is 0 Å². The molecule has 1 N–H and O–H groups in total. The van der Waals surface area contributed by atoms with Crippen molar-refractivity contribution >= 4 is 28.7 Å². The van der Waals surface area contributed by atoms with Crippen LogP contribution in [0.3, 0.4) is 0 Å². The van der Waals surface area contributed by atoms with Crippen molar-refractivity contribution in [2.24, 2.45) is 5.41 Å². The Balaban J connectivity index is 1.56. The predicted molar refractivity (Wildman–Crippen MR) is 161 cm³/mol. The molecular weight excluding hydrogens is 556 g/mol. The molecule has 0 radical (unpaired) electrons. The standard InChI is InChI=1S/C33H41F2N3O5/c1-20-14-27(41-6)24(22-10-12-38(28(20)22)30(40)43-31(2,3)4)17-37-13-11-32(18-33(34,35)19-32)16-26(37)21-8-9-23(29(39)42-7)25(15-21)36-5/h8-10,12,14-15,26,36H,11,13,16-19H2,1-7H3/t26-/m1/s1. The van der Waals surface area contributed by atoms with Crippen molar-refractivity contribution in [1.82, 2.24) is 9.47 Å². The third-order valence-corrected chi connectivity index (χ3v) is 8.77. The van der Waals surface area contributed by atoms with E-state index in [0.717, 1.165) is 27.6 Å². The third-order valence-electron chi connectivity index (χ3n) is 8.77. The van der Waals surface area contributed by atoms with Crippen molar-refractivity contribution in [3.05, 3.63) is 58.8 Å². The lowest BCUT2D eigenvalue weighted by molar-refractivity contribution is -0.186. The Morgan fingerprint density at radius 2 is 1.84 bits per heavy atom. The summed E-state index contributed by atoms with van der Waals surface area (Å²) in [5.74, 6) is -2.39. The third kappa shape index (κ3) is 5.94. The van der Waals surface area contributed by atoms with Crippen LogP contribution in [0.2, 0.25) is 0 Å². The van der Waals surface area contributed by atoms with E-state index in [-0.39, 0.29) is 18.9 Å². The fourth-order valence-electron chi connectivity index (χ4n) is 6.90. The Morgan fingerprint density at radius 3 is 2.44 bits per heavy atom. The van der Waals surface area contributed by atoms with Gasteiger partial charge >= 0.3 is 12.1 Å². The summed E-state index contributed by atoms with van der Waals surface area (Å²) in [6.45, 7) is 8.51. The minimum atomic E-state index is -2.63. The number of nitrogens with zero attached hydrogens (tertiary/aromatic N) is 2. The van der Waals surface area contributed by atoms with Gasteiger partial charge in [0.1, 0.15) is 11.4 Å². The molecule has 5 rings (SSSR count). The molecule has 1 aliphatic carbocycles. The highest BCUT2D eigenvalue weighted by atomic mass is 19.3. The zero-order valence-corrected chi connectivity index (χ0v) is 26.0. The zero-order chi connectivity index (χ0) is 31.3. The number of likely N-dealkylation sites (tertiary alicyclic amines) is 1. The number of carbonyl (C=O) groups excluding carboxylic acids is 2. The van der Waals surface area contributed by atoms with Gasteiger partial charge in [0, 0.05) is 55.3 Å². The number of benzene rings is 2. The van der Waals surface area contributed by atoms with Crippen molar-refractivity contribution in [1.29, 1.82) is 0 Å². The highest BCUT2D eigenvalue weighted by molar-refractivity contribution is 5.96. The van der Waals surface area contributed by atoms with Crippen LogP contribution in [0.4, 0.5) is 19.3 Å². The molecule has 2 fully saturated rings. The average molecular weight is 598 g/mol. The fraction of sp³-hybridized carbons (Fsp3) is 0.515. The van der Waals surface area contributed by atoms with Crippen molar-refractivity contribution < 1.29 is 32.6 Å². The molecule has 0 unspecified atom stereocenters. The molecule has 1 aliphatic heterocycles. The number of aryl methyl sites for hydroxylation is 1. The summed E-state index contributed by atoms with van der Waals surface area (Å²) in [4.78, 5) is 27.8. The topological polar surface area (TPSA) is 82.0 Å². The van der Waals surface area contributed by atoms with E-state index in [2.05, 4.69) is 10.2 Å². The predicted octanol–water partition coefficient (Wildman–Crippen LogP) is 7.32. The number of nitrogens with one attached hydrogen (secondary N) is 1. The summed E-state index contributed by atoms with van der Waals surface area (Å²) >= 11 is 0. The molecule has 1 saturated heterocycles. The van der Waals surface area contributed by atoms with Gasteiger partial charge in [0.2, 0.25) is 5.92 Å². The fourth-order valence-corrected chi connectivity index (χ4v) is 6.90. The molecule has 10 heteroatoms. The van der Waals surface area contributed by atoms with Gasteiger partial charge in [0.15, 0.2) is 0 Å². The van der Waals surface area contributed by atoms with Crippen molar-refractivity contribution in [2.75, 3.05) is 33.1 Å². The van der Waals surface area contributed by atoms with Crippen molar-refractivity contribution in [3.63, 3.8) is 0 Å². The first-order chi connectivity index (χ1) is 20.2. The van der Waals surface area contributed by atoms with E-state index in [4.69, 9.17) is 14.2 Å². The maximum absolute atomic E-state index is 14.2. The summed E-state index contributed by atoms with van der Waals surface area (Å²) in [6.07, 6.45) is 2.27. The van der Waals surface area contributed by atoms with E-state index in [1.165, 1.54) is 11.7 Å². The first kappa shape index (κ1) is 30.8. The minimum absolute atomic E-state index is 0.111. The highest BCUT2D eigenvalue weighted by Gasteiger charge is 2.58. The Hall–Kier alpha value is -3.66. The number of anilines is 1. The smallest absolute Gasteiger partial charge is 0.419 e. The molecule has 2 aliphatic rings. The van der Waals surface area contributed by atoms with E-state index in [9.17, 15) is 18.4 Å². The number of fused-ring (bicyclic) bond motifs is 1. The van der Waals surface area contributed by atoms with Crippen LogP contribution in [0.1, 0.15) is 79.5 Å². The zero-order valence-electron chi connectivity index (χ0n) is 26.0. The van der Waals surface area contributed by atoms with Crippen molar-refractivity contribution in [2.45, 2.75) is 77.5 Å². The summed E-state index contributed by atoms with van der Waals surface area (Å²) in [5, 5.41) is 3.96. The van der Waals surface area contributed by atoms with Crippen LogP contribution in [0.15, 0.2) is 36.5 Å². The van der Waals surface area contributed by atoms with Gasteiger partial charge in [-0.1, -0.05) is 6.07 Å². The number of carbonyl (C=O) groups is 2. The number of piperidine rings is 1. The Kier molecular flexibility index (Phi) is 7.96. The first-order valence-corrected chi connectivity index (χ1v) is 14.6. The maximum Gasteiger partial charge on any atom is 0.419 e. The SMILES string of the molecule is CNc1cc([C@H]2CC3(CCN2Cc2c(OC)cc(C)c4c2ccn4C(=O)OC(C)(C)C)CC(F)(F)C3)ccc1C(=O)OC. The van der Waals surface area contributed by atoms with Gasteiger partial charge in [0.05, 0.1) is 25.3 Å². The van der Waals surface area contributed by atoms with Crippen LogP contribution < -0.4 is 10.1 Å². The molecule has 1 saturated carbocycles. The second kappa shape index (κ2) is 11.1. The molecule has 1 spiro atoms. The lowest BCUT2D eigenvalue weighted by atomic mass is 9.59. The monoisotopic (exact) mass is 597 g/mol. The number of hydrogen-bond donors (Lipinski definition) is 1. The van der Waals surface area contributed by atoms with Crippen LogP contribution in [-0.2, 0) is 16.0 Å². The van der Waals surface area contributed by atoms with Crippen LogP contribution in [0.25, 0.3) is 10.9 Å². The summed E-state index contributed by atoms with van der Waals surface area (Å²) in [5.41, 5.74) is 3.40. The lowest BCUT2D eigenvalue weighted by Gasteiger charge is -2.54. The summed E-state index contributed by atoms with van der Waals surface area (Å²) in [7, 11) is 4.70. The van der Waals surface area contributed by atoms with Gasteiger partial charge in [-0.05, 0) is 87.9 Å². The Labute approximate surface area is 251 Å². The van der Waals surface area contributed by atoms with Crippen LogP contribution in [-0.4, -0.2) is 60.9 Å². The van der Waals surface area contributed by atoms with Gasteiger partial charge in [-0.25, -0.2) is 18.4 Å². The number of aromatic nitrogens is 1. The number of alkyl halides is 2. The van der Waals surface area contributed by atoms with E-state index < -0.39 is 29.0 Å². The summed E-state index contributed by atoms with van der Waals surface area (Å²) in [6, 6.07) is 9.19. The number of halogens is 2. The van der Waals surface area contributed by atoms with Crippen LogP contribution >= 0.6 is 0 Å². The van der Waals surface area contributed by atoms with Gasteiger partial charge in [-0.2, -0.15) is 0 Å². The molecular formula is C33H41F2N3O5. The van der Waals surface area contributed by atoms with E-state index in [1.807, 2.05) is 52.0 Å². The molecule has 2 aromatic carbocycles. The number of rotatable bonds is 6. The van der Waals surface area contributed by atoms with E-state index >= 15 is 0 Å². The quantitative estimate of drug-likeness (QED) is 0.298. The average Bonchev–Trinajstić information content (AvgIpc) is 3.39. The number of esters is 1. The first-order valence-electron chi connectivity index (χ1n) is 14.6. The molecule has 8 nitrogen and oxygen atoms in total. The van der Waals surface area contributed by atoms with Gasteiger partial charge in [-0.3, -0.25) is 9.47 Å². The maximum atomic E-state index is 14.2. The highest BCUT2D eigenvalue weighted by Crippen LogP contribution is 2.60. The number of methoxy groups -OCH3 is 2. The number of ether oxygens (including phenoxy) is 3. The summed E-state index contributed by atoms with van der Waals surface area (Å²) < 4.78 is 46.4. The molecule has 0 bridgehead atoms. The molecule has 43 heavy (non-hydrogen) atoms. The van der Waals surface area contributed by atoms with Crippen molar-refractivity contribution in [3.8, 4) is 5.75 Å². The lowest BCUT2D eigenvalue weighted by Crippen LogP contribution is -2.53. The molecule has 1 atom stereocenters. The largest absolute Gasteiger partial charge is 0.496 e. The van der Waals surface area contributed by atoms with E-state index in [0.29, 0.717) is 42.9 Å². The molecule has 1 aromatic heterocycles. The Bertz CT molecular complexity index is 1550. The van der Waals surface area contributed by atoms with Gasteiger partial charge in [-0.15, -0.1) is 0 Å². The minimum Gasteiger partial charge on any atom is -0.496 e. The Morgan fingerprint density at radius 1 is 1.12 bits per heavy atom. The van der Waals surface area contributed by atoms with Crippen LogP contribution in [0, 0.1) is 12.3 Å². The van der Waals surface area contributed by atoms with Gasteiger partial charge < -0.3 is 19.5 Å². The molecule has 232 valence electrons. The molecule has 2 heterocycles. The molecule has 0 amide bonds.